The molecular weight excluding hydrogens is 462 g/mol. The number of hydrogen-bond acceptors (Lipinski definition) is 8. The van der Waals surface area contributed by atoms with Crippen LogP contribution >= 0.6 is 0 Å². The molecular formula is C26H33N5O5. The molecule has 2 aliphatic rings. The molecule has 5 N–H and O–H groups in total. The predicted molar refractivity (Wildman–Crippen MR) is 137 cm³/mol. The monoisotopic (exact) mass is 495 g/mol. The van der Waals surface area contributed by atoms with Gasteiger partial charge >= 0.3 is 0 Å². The van der Waals surface area contributed by atoms with Gasteiger partial charge in [-0.2, -0.15) is 0 Å². The summed E-state index contributed by atoms with van der Waals surface area (Å²) in [6, 6.07) is 13.1. The average Bonchev–Trinajstić information content (AvgIpc) is 2.87. The van der Waals surface area contributed by atoms with Crippen LogP contribution in [-0.4, -0.2) is 54.2 Å². The molecule has 2 aromatic rings. The molecule has 0 aromatic heterocycles. The number of nitrogens with one attached hydrogen (secondary N) is 4. The Hall–Kier alpha value is -3.63. The van der Waals surface area contributed by atoms with Crippen molar-refractivity contribution < 1.29 is 24.2 Å². The van der Waals surface area contributed by atoms with Gasteiger partial charge in [0.1, 0.15) is 24.2 Å². The lowest BCUT2D eigenvalue weighted by Gasteiger charge is -2.29. The summed E-state index contributed by atoms with van der Waals surface area (Å²) in [6.07, 6.45) is 1.22. The highest BCUT2D eigenvalue weighted by Crippen LogP contribution is 2.31. The van der Waals surface area contributed by atoms with E-state index in [0.29, 0.717) is 56.2 Å². The maximum absolute atomic E-state index is 11.6. The zero-order valence-electron chi connectivity index (χ0n) is 20.6. The van der Waals surface area contributed by atoms with Crippen LogP contribution in [0.3, 0.4) is 0 Å². The second kappa shape index (κ2) is 11.4. The molecule has 2 heterocycles. The van der Waals surface area contributed by atoms with Crippen LogP contribution in [0.2, 0.25) is 0 Å². The third-order valence-electron chi connectivity index (χ3n) is 5.95. The fourth-order valence-electron chi connectivity index (χ4n) is 3.86. The molecule has 2 aromatic carbocycles. The van der Waals surface area contributed by atoms with E-state index in [9.17, 15) is 14.7 Å². The molecule has 10 heteroatoms. The summed E-state index contributed by atoms with van der Waals surface area (Å²) in [5.74, 6) is 1.74. The first-order chi connectivity index (χ1) is 17.3. The molecule has 1 unspecified atom stereocenters. The van der Waals surface area contributed by atoms with Crippen molar-refractivity contribution in [2.45, 2.75) is 51.2 Å². The number of nitrogens with zero attached hydrogens (tertiary/aromatic N) is 1. The molecule has 0 bridgehead atoms. The number of ether oxygens (including phenoxy) is 2. The van der Waals surface area contributed by atoms with Gasteiger partial charge in [0.15, 0.2) is 0 Å². The van der Waals surface area contributed by atoms with E-state index in [1.54, 1.807) is 0 Å². The highest BCUT2D eigenvalue weighted by atomic mass is 16.5. The number of β-amino-alcohol motifs (C(OH)–C–C–N with tert-alkyl or cyclic N) is 1. The fourth-order valence-corrected chi connectivity index (χ4v) is 3.86. The molecule has 0 spiro atoms. The van der Waals surface area contributed by atoms with Gasteiger partial charge in [0.05, 0.1) is 0 Å². The number of amides is 2. The quantitative estimate of drug-likeness (QED) is 0.342. The number of anilines is 2. The molecule has 0 radical (unpaired) electrons. The summed E-state index contributed by atoms with van der Waals surface area (Å²) in [5, 5.41) is 24.0. The van der Waals surface area contributed by atoms with Crippen LogP contribution in [-0.2, 0) is 16.0 Å². The number of hydrogen-bond donors (Lipinski definition) is 5. The SMILES string of the molecule is CC(C)(CNc1ccc(OC2=NNC(=O)CC2)cc1)NCC(O)COc1cccc2c1CCC(=O)N2. The average molecular weight is 496 g/mol. The van der Waals surface area contributed by atoms with E-state index in [2.05, 4.69) is 40.3 Å². The van der Waals surface area contributed by atoms with Crippen molar-refractivity contribution in [3.8, 4) is 11.5 Å². The smallest absolute Gasteiger partial charge is 0.240 e. The summed E-state index contributed by atoms with van der Waals surface area (Å²) in [4.78, 5) is 22.8. The Morgan fingerprint density at radius 2 is 1.83 bits per heavy atom. The number of benzene rings is 2. The van der Waals surface area contributed by atoms with Crippen molar-refractivity contribution in [3.63, 3.8) is 0 Å². The van der Waals surface area contributed by atoms with Gasteiger partial charge in [-0.15, -0.1) is 5.10 Å². The van der Waals surface area contributed by atoms with Crippen molar-refractivity contribution in [2.24, 2.45) is 5.10 Å². The van der Waals surface area contributed by atoms with Crippen LogP contribution in [0, 0.1) is 0 Å². The first-order valence-corrected chi connectivity index (χ1v) is 12.1. The molecule has 4 rings (SSSR count). The van der Waals surface area contributed by atoms with Crippen LogP contribution in [0.1, 0.15) is 38.7 Å². The zero-order chi connectivity index (χ0) is 25.5. The molecule has 0 fully saturated rings. The first kappa shape index (κ1) is 25.5. The number of carbonyl (C=O) groups excluding carboxylic acids is 2. The standard InChI is InChI=1S/C26H33N5O5/c1-26(2,16-27-17-6-8-19(9-7-17)36-25-13-12-24(34)30-31-25)28-14-18(32)15-35-22-5-3-4-21-20(22)10-11-23(33)29-21/h3-9,18,27-28,32H,10-16H2,1-2H3,(H,29,33)(H,30,34). The molecule has 0 saturated heterocycles. The Kier molecular flexibility index (Phi) is 8.07. The molecule has 0 saturated carbocycles. The lowest BCUT2D eigenvalue weighted by atomic mass is 10.0. The van der Waals surface area contributed by atoms with E-state index in [0.717, 1.165) is 16.9 Å². The number of carbonyl (C=O) groups is 2. The summed E-state index contributed by atoms with van der Waals surface area (Å²) in [5.41, 5.74) is 4.80. The van der Waals surface area contributed by atoms with Gasteiger partial charge < -0.3 is 30.5 Å². The van der Waals surface area contributed by atoms with E-state index in [-0.39, 0.29) is 24.0 Å². The van der Waals surface area contributed by atoms with E-state index in [1.807, 2.05) is 42.5 Å². The topological polar surface area (TPSA) is 133 Å². The summed E-state index contributed by atoms with van der Waals surface area (Å²) < 4.78 is 11.6. The molecule has 36 heavy (non-hydrogen) atoms. The predicted octanol–water partition coefficient (Wildman–Crippen LogP) is 2.39. The Balaban J connectivity index is 1.19. The second-order valence-electron chi connectivity index (χ2n) is 9.58. The zero-order valence-corrected chi connectivity index (χ0v) is 20.6. The molecule has 2 aliphatic heterocycles. The van der Waals surface area contributed by atoms with Gasteiger partial charge in [0.25, 0.3) is 0 Å². The van der Waals surface area contributed by atoms with Crippen molar-refractivity contribution in [1.29, 1.82) is 0 Å². The van der Waals surface area contributed by atoms with Crippen molar-refractivity contribution >= 4 is 29.1 Å². The maximum Gasteiger partial charge on any atom is 0.240 e. The summed E-state index contributed by atoms with van der Waals surface area (Å²) >= 11 is 0. The van der Waals surface area contributed by atoms with Crippen LogP contribution in [0.25, 0.3) is 0 Å². The van der Waals surface area contributed by atoms with Gasteiger partial charge in [-0.25, -0.2) is 5.43 Å². The van der Waals surface area contributed by atoms with E-state index in [1.165, 1.54) is 0 Å². The highest BCUT2D eigenvalue weighted by Gasteiger charge is 2.21. The molecule has 1 atom stereocenters. The number of hydrazone groups is 1. The lowest BCUT2D eigenvalue weighted by Crippen LogP contribution is -2.49. The minimum Gasteiger partial charge on any atom is -0.490 e. The van der Waals surface area contributed by atoms with Crippen molar-refractivity contribution in [3.05, 3.63) is 48.0 Å². The fraction of sp³-hybridized carbons (Fsp3) is 0.423. The van der Waals surface area contributed by atoms with Crippen LogP contribution in [0.5, 0.6) is 11.5 Å². The number of rotatable bonds is 10. The highest BCUT2D eigenvalue weighted by molar-refractivity contribution is 5.94. The van der Waals surface area contributed by atoms with E-state index >= 15 is 0 Å². The molecule has 10 nitrogen and oxygen atoms in total. The Bertz CT molecular complexity index is 1120. The Morgan fingerprint density at radius 1 is 1.06 bits per heavy atom. The van der Waals surface area contributed by atoms with E-state index in [4.69, 9.17) is 9.47 Å². The largest absolute Gasteiger partial charge is 0.490 e. The number of fused-ring (bicyclic) bond motifs is 1. The number of aliphatic hydroxyl groups excluding tert-OH is 1. The first-order valence-electron chi connectivity index (χ1n) is 12.1. The van der Waals surface area contributed by atoms with Gasteiger partial charge in [-0.3, -0.25) is 9.59 Å². The van der Waals surface area contributed by atoms with Crippen LogP contribution in [0.15, 0.2) is 47.6 Å². The molecule has 2 amide bonds. The Labute approximate surface area is 210 Å². The van der Waals surface area contributed by atoms with Crippen molar-refractivity contribution in [1.82, 2.24) is 10.7 Å². The Morgan fingerprint density at radius 3 is 2.58 bits per heavy atom. The third kappa shape index (κ3) is 7.19. The van der Waals surface area contributed by atoms with Crippen LogP contribution < -0.4 is 30.8 Å². The molecule has 0 aliphatic carbocycles. The summed E-state index contributed by atoms with van der Waals surface area (Å²) in [6.45, 7) is 5.25. The van der Waals surface area contributed by atoms with Gasteiger partial charge in [-0.1, -0.05) is 6.07 Å². The summed E-state index contributed by atoms with van der Waals surface area (Å²) in [7, 11) is 0. The van der Waals surface area contributed by atoms with Gasteiger partial charge in [0, 0.05) is 54.8 Å². The lowest BCUT2D eigenvalue weighted by molar-refractivity contribution is -0.121. The van der Waals surface area contributed by atoms with Gasteiger partial charge in [0.2, 0.25) is 17.7 Å². The minimum atomic E-state index is -0.692. The third-order valence-corrected chi connectivity index (χ3v) is 5.95. The number of aliphatic hydroxyl groups is 1. The van der Waals surface area contributed by atoms with Crippen LogP contribution in [0.4, 0.5) is 11.4 Å². The minimum absolute atomic E-state index is 0.00897. The molecule has 192 valence electrons. The van der Waals surface area contributed by atoms with Crippen molar-refractivity contribution in [2.75, 3.05) is 30.3 Å². The van der Waals surface area contributed by atoms with E-state index < -0.39 is 6.10 Å². The second-order valence-corrected chi connectivity index (χ2v) is 9.58. The maximum atomic E-state index is 11.6. The normalized spacial score (nSPS) is 16.2. The van der Waals surface area contributed by atoms with Gasteiger partial charge in [-0.05, 0) is 56.7 Å².